The van der Waals surface area contributed by atoms with Crippen LogP contribution in [-0.4, -0.2) is 34.2 Å². The van der Waals surface area contributed by atoms with Gasteiger partial charge in [0.15, 0.2) is 0 Å². The first-order valence-electron chi connectivity index (χ1n) is 5.86. The van der Waals surface area contributed by atoms with E-state index < -0.39 is 29.1 Å². The van der Waals surface area contributed by atoms with E-state index in [0.29, 0.717) is 0 Å². The molecule has 0 aliphatic rings. The lowest BCUT2D eigenvalue weighted by Gasteiger charge is -2.21. The van der Waals surface area contributed by atoms with Crippen LogP contribution in [0.3, 0.4) is 0 Å². The minimum absolute atomic E-state index is 0.339. The van der Waals surface area contributed by atoms with E-state index in [2.05, 4.69) is 0 Å². The molecule has 0 aliphatic heterocycles. The number of ether oxygens (including phenoxy) is 2. The first-order valence-corrected chi connectivity index (χ1v) is 5.86. The SMILES string of the molecule is CC(=O)O.CC(C)(C)OC(=O)CC(=O)OC(C)(C)C. The van der Waals surface area contributed by atoms with E-state index in [9.17, 15) is 9.59 Å². The van der Waals surface area contributed by atoms with E-state index in [1.807, 2.05) is 0 Å². The van der Waals surface area contributed by atoms with E-state index in [0.717, 1.165) is 6.92 Å². The molecule has 0 heterocycles. The van der Waals surface area contributed by atoms with Crippen molar-refractivity contribution in [2.24, 2.45) is 0 Å². The van der Waals surface area contributed by atoms with Crippen molar-refractivity contribution in [3.8, 4) is 0 Å². The van der Waals surface area contributed by atoms with Crippen LogP contribution in [0.25, 0.3) is 0 Å². The molecule has 0 atom stereocenters. The Bertz CT molecular complexity index is 289. The summed E-state index contributed by atoms with van der Waals surface area (Å²) in [6.07, 6.45) is -0.339. The molecule has 1 N–H and O–H groups in total. The Labute approximate surface area is 114 Å². The molecule has 0 spiro atoms. The molecule has 19 heavy (non-hydrogen) atoms. The molecule has 0 unspecified atom stereocenters. The van der Waals surface area contributed by atoms with Crippen molar-refractivity contribution in [1.82, 2.24) is 0 Å². The molecule has 0 aromatic carbocycles. The number of hydrogen-bond acceptors (Lipinski definition) is 5. The van der Waals surface area contributed by atoms with Crippen LogP contribution < -0.4 is 0 Å². The van der Waals surface area contributed by atoms with Gasteiger partial charge in [-0.2, -0.15) is 0 Å². The maximum absolute atomic E-state index is 11.2. The van der Waals surface area contributed by atoms with Crippen LogP contribution in [0.15, 0.2) is 0 Å². The highest BCUT2D eigenvalue weighted by atomic mass is 16.6. The molecule has 0 aromatic rings. The second kappa shape index (κ2) is 7.76. The van der Waals surface area contributed by atoms with Crippen LogP contribution in [0.1, 0.15) is 54.9 Å². The summed E-state index contributed by atoms with van der Waals surface area (Å²) in [4.78, 5) is 31.5. The minimum atomic E-state index is -0.833. The second-order valence-electron chi connectivity index (χ2n) is 5.87. The Balaban J connectivity index is 0. The number of aliphatic carboxylic acids is 1. The topological polar surface area (TPSA) is 89.9 Å². The van der Waals surface area contributed by atoms with Crippen molar-refractivity contribution >= 4 is 17.9 Å². The van der Waals surface area contributed by atoms with Gasteiger partial charge >= 0.3 is 11.9 Å². The summed E-state index contributed by atoms with van der Waals surface area (Å²) in [5.41, 5.74) is -1.14. The number of esters is 2. The van der Waals surface area contributed by atoms with Crippen LogP contribution in [0.5, 0.6) is 0 Å². The zero-order valence-electron chi connectivity index (χ0n) is 12.7. The predicted octanol–water partition coefficient (Wildman–Crippen LogP) is 2.15. The summed E-state index contributed by atoms with van der Waals surface area (Å²) < 4.78 is 9.97. The van der Waals surface area contributed by atoms with Gasteiger partial charge in [-0.05, 0) is 41.5 Å². The molecule has 0 rings (SSSR count). The predicted molar refractivity (Wildman–Crippen MR) is 69.6 cm³/mol. The van der Waals surface area contributed by atoms with E-state index in [1.165, 1.54) is 0 Å². The fourth-order valence-electron chi connectivity index (χ4n) is 0.873. The van der Waals surface area contributed by atoms with Gasteiger partial charge in [0.1, 0.15) is 17.6 Å². The number of carbonyl (C=O) groups is 3. The molecule has 112 valence electrons. The third kappa shape index (κ3) is 22.1. The van der Waals surface area contributed by atoms with Crippen LogP contribution in [-0.2, 0) is 23.9 Å². The van der Waals surface area contributed by atoms with Crippen LogP contribution >= 0.6 is 0 Å². The number of rotatable bonds is 2. The van der Waals surface area contributed by atoms with E-state index in [4.69, 9.17) is 19.4 Å². The first kappa shape index (κ1) is 19.7. The zero-order valence-corrected chi connectivity index (χ0v) is 12.7. The molecule has 0 amide bonds. The standard InChI is InChI=1S/C11H20O4.C2H4O2/c1-10(2,3)14-8(12)7-9(13)15-11(4,5)6;1-2(3)4/h7H2,1-6H3;1H3,(H,3,4). The van der Waals surface area contributed by atoms with Gasteiger partial charge in [0.25, 0.3) is 5.97 Å². The van der Waals surface area contributed by atoms with Gasteiger partial charge in [-0.15, -0.1) is 0 Å². The second-order valence-corrected chi connectivity index (χ2v) is 5.87. The summed E-state index contributed by atoms with van der Waals surface area (Å²) in [6, 6.07) is 0. The van der Waals surface area contributed by atoms with Gasteiger partial charge in [-0.1, -0.05) is 0 Å². The third-order valence-corrected chi connectivity index (χ3v) is 1.13. The summed E-state index contributed by atoms with van der Waals surface area (Å²) in [7, 11) is 0. The van der Waals surface area contributed by atoms with Gasteiger partial charge in [-0.3, -0.25) is 14.4 Å². The van der Waals surface area contributed by atoms with Gasteiger partial charge in [0.2, 0.25) is 0 Å². The summed E-state index contributed by atoms with van der Waals surface area (Å²) in [5.74, 6) is -1.95. The van der Waals surface area contributed by atoms with Crippen molar-refractivity contribution < 1.29 is 29.0 Å². The monoisotopic (exact) mass is 276 g/mol. The van der Waals surface area contributed by atoms with Crippen LogP contribution in [0, 0.1) is 0 Å². The molecule has 0 aromatic heterocycles. The molecule has 0 fully saturated rings. The quantitative estimate of drug-likeness (QED) is 0.614. The van der Waals surface area contributed by atoms with Crippen molar-refractivity contribution in [3.05, 3.63) is 0 Å². The smallest absolute Gasteiger partial charge is 0.317 e. The maximum atomic E-state index is 11.2. The Hall–Kier alpha value is -1.59. The fraction of sp³-hybridized carbons (Fsp3) is 0.769. The Kier molecular flexibility index (Phi) is 8.06. The number of hydrogen-bond donors (Lipinski definition) is 1. The molecule has 0 bridgehead atoms. The molecule has 0 saturated carbocycles. The molecule has 0 radical (unpaired) electrons. The van der Waals surface area contributed by atoms with E-state index in [1.54, 1.807) is 41.5 Å². The molecular formula is C13H24O6. The highest BCUT2D eigenvalue weighted by Crippen LogP contribution is 2.11. The average Bonchev–Trinajstić information content (AvgIpc) is 1.91. The van der Waals surface area contributed by atoms with E-state index >= 15 is 0 Å². The number of carboxylic acids is 1. The number of carbonyl (C=O) groups excluding carboxylic acids is 2. The molecule has 6 nitrogen and oxygen atoms in total. The average molecular weight is 276 g/mol. The highest BCUT2D eigenvalue weighted by molar-refractivity contribution is 5.91. The summed E-state index contributed by atoms with van der Waals surface area (Å²) >= 11 is 0. The molecule has 0 aliphatic carbocycles. The van der Waals surface area contributed by atoms with Crippen molar-refractivity contribution in [2.75, 3.05) is 0 Å². The molecule has 6 heteroatoms. The van der Waals surface area contributed by atoms with Gasteiger partial charge in [0.05, 0.1) is 0 Å². The zero-order chi connectivity index (χ0) is 15.9. The van der Waals surface area contributed by atoms with Gasteiger partial charge < -0.3 is 14.6 Å². The Morgan fingerprint density at radius 2 is 1.05 bits per heavy atom. The normalized spacial score (nSPS) is 10.9. The maximum Gasteiger partial charge on any atom is 0.317 e. The Morgan fingerprint density at radius 1 is 0.842 bits per heavy atom. The van der Waals surface area contributed by atoms with Crippen molar-refractivity contribution in [2.45, 2.75) is 66.1 Å². The lowest BCUT2D eigenvalue weighted by Crippen LogP contribution is -2.29. The highest BCUT2D eigenvalue weighted by Gasteiger charge is 2.22. The summed E-state index contributed by atoms with van der Waals surface area (Å²) in [5, 5.41) is 7.42. The van der Waals surface area contributed by atoms with Crippen LogP contribution in [0.2, 0.25) is 0 Å². The third-order valence-electron chi connectivity index (χ3n) is 1.13. The molecular weight excluding hydrogens is 252 g/mol. The van der Waals surface area contributed by atoms with E-state index in [-0.39, 0.29) is 6.42 Å². The first-order chi connectivity index (χ1) is 8.23. The number of carboxylic acid groups (broad SMARTS) is 1. The Morgan fingerprint density at radius 3 is 1.21 bits per heavy atom. The lowest BCUT2D eigenvalue weighted by atomic mass is 10.2. The fourth-order valence-corrected chi connectivity index (χ4v) is 0.873. The van der Waals surface area contributed by atoms with Crippen molar-refractivity contribution in [1.29, 1.82) is 0 Å². The lowest BCUT2D eigenvalue weighted by molar-refractivity contribution is -0.166. The van der Waals surface area contributed by atoms with Gasteiger partial charge in [-0.25, -0.2) is 0 Å². The largest absolute Gasteiger partial charge is 0.481 e. The molecule has 0 saturated heterocycles. The summed E-state index contributed by atoms with van der Waals surface area (Å²) in [6.45, 7) is 11.6. The van der Waals surface area contributed by atoms with Crippen molar-refractivity contribution in [3.63, 3.8) is 0 Å². The van der Waals surface area contributed by atoms with Crippen LogP contribution in [0.4, 0.5) is 0 Å². The minimum Gasteiger partial charge on any atom is -0.481 e. The van der Waals surface area contributed by atoms with Gasteiger partial charge in [0, 0.05) is 6.92 Å².